The molecule has 20 heavy (non-hydrogen) atoms. The van der Waals surface area contributed by atoms with Crippen LogP contribution in [-0.4, -0.2) is 27.1 Å². The van der Waals surface area contributed by atoms with Crippen LogP contribution in [0.25, 0.3) is 11.3 Å². The molecule has 0 saturated heterocycles. The number of aromatic carboxylic acids is 1. The molecule has 0 radical (unpaired) electrons. The third kappa shape index (κ3) is 3.05. The number of aromatic nitrogens is 2. The van der Waals surface area contributed by atoms with E-state index in [-0.39, 0.29) is 11.9 Å². The van der Waals surface area contributed by atoms with Gasteiger partial charge in [0, 0.05) is 11.8 Å². The largest absolute Gasteiger partial charge is 0.489 e. The Bertz CT molecular complexity index is 644. The Morgan fingerprint density at radius 3 is 2.75 bits per heavy atom. The summed E-state index contributed by atoms with van der Waals surface area (Å²) in [6.45, 7) is 3.77. The van der Waals surface area contributed by atoms with Crippen molar-refractivity contribution in [1.82, 2.24) is 9.97 Å². The Hall–Kier alpha value is -2.14. The zero-order valence-corrected chi connectivity index (χ0v) is 11.8. The highest BCUT2D eigenvalue weighted by Crippen LogP contribution is 2.35. The van der Waals surface area contributed by atoms with Gasteiger partial charge in [0.25, 0.3) is 0 Å². The van der Waals surface area contributed by atoms with Crippen molar-refractivity contribution < 1.29 is 14.6 Å². The predicted octanol–water partition coefficient (Wildman–Crippen LogP) is 3.28. The van der Waals surface area contributed by atoms with Crippen molar-refractivity contribution >= 4 is 17.6 Å². The van der Waals surface area contributed by atoms with E-state index in [1.165, 1.54) is 6.20 Å². The molecular formula is C14H13ClN2O3. The van der Waals surface area contributed by atoms with Gasteiger partial charge in [-0.05, 0) is 32.0 Å². The van der Waals surface area contributed by atoms with E-state index in [1.807, 2.05) is 13.8 Å². The Kier molecular flexibility index (Phi) is 4.20. The summed E-state index contributed by atoms with van der Waals surface area (Å²) in [5.74, 6) is -0.961. The van der Waals surface area contributed by atoms with Crippen LogP contribution < -0.4 is 4.74 Å². The van der Waals surface area contributed by atoms with E-state index in [2.05, 4.69) is 9.97 Å². The lowest BCUT2D eigenvalue weighted by molar-refractivity contribution is 0.0683. The molecule has 0 aliphatic carbocycles. The van der Waals surface area contributed by atoms with Crippen LogP contribution >= 0.6 is 11.6 Å². The molecule has 1 aromatic carbocycles. The van der Waals surface area contributed by atoms with Crippen molar-refractivity contribution in [3.8, 4) is 17.0 Å². The molecule has 1 aromatic heterocycles. The van der Waals surface area contributed by atoms with Crippen LogP contribution in [0.3, 0.4) is 0 Å². The van der Waals surface area contributed by atoms with Crippen LogP contribution in [0.15, 0.2) is 30.5 Å². The minimum absolute atomic E-state index is 0.0607. The summed E-state index contributed by atoms with van der Waals surface area (Å²) in [7, 11) is 0. The lowest BCUT2D eigenvalue weighted by Crippen LogP contribution is -2.08. The maximum Gasteiger partial charge on any atom is 0.373 e. The summed E-state index contributed by atoms with van der Waals surface area (Å²) in [5, 5.41) is 9.39. The Morgan fingerprint density at radius 2 is 2.10 bits per heavy atom. The summed E-state index contributed by atoms with van der Waals surface area (Å²) in [5.41, 5.74) is 1.09. The average Bonchev–Trinajstić information content (AvgIpc) is 2.41. The number of halogens is 1. The summed E-state index contributed by atoms with van der Waals surface area (Å²) < 4.78 is 5.69. The number of hydrogen-bond donors (Lipinski definition) is 1. The summed E-state index contributed by atoms with van der Waals surface area (Å²) >= 11 is 6.14. The third-order valence-electron chi connectivity index (χ3n) is 2.44. The number of ether oxygens (including phenoxy) is 1. The first-order valence-electron chi connectivity index (χ1n) is 6.01. The molecule has 0 amide bonds. The second kappa shape index (κ2) is 5.88. The van der Waals surface area contributed by atoms with Crippen LogP contribution in [0, 0.1) is 0 Å². The van der Waals surface area contributed by atoms with Gasteiger partial charge in [-0.1, -0.05) is 17.7 Å². The smallest absolute Gasteiger partial charge is 0.373 e. The molecule has 5 nitrogen and oxygen atoms in total. The van der Waals surface area contributed by atoms with Crippen LogP contribution in [0.4, 0.5) is 0 Å². The zero-order chi connectivity index (χ0) is 14.7. The van der Waals surface area contributed by atoms with E-state index >= 15 is 0 Å². The first kappa shape index (κ1) is 14.3. The number of hydrogen-bond acceptors (Lipinski definition) is 4. The Morgan fingerprint density at radius 1 is 1.35 bits per heavy atom. The quantitative estimate of drug-likeness (QED) is 0.936. The molecule has 2 rings (SSSR count). The Labute approximate surface area is 121 Å². The summed E-state index contributed by atoms with van der Waals surface area (Å²) in [4.78, 5) is 18.6. The number of carboxylic acids is 1. The van der Waals surface area contributed by atoms with Crippen LogP contribution in [0.2, 0.25) is 5.02 Å². The van der Waals surface area contributed by atoms with E-state index < -0.39 is 5.97 Å². The van der Waals surface area contributed by atoms with Gasteiger partial charge in [0.1, 0.15) is 5.75 Å². The standard InChI is InChI=1S/C14H13ClN2O3/c1-8(2)20-12-9(4-3-5-10(12)15)11-6-7-16-13(17-11)14(18)19/h3-8H,1-2H3,(H,18,19). The van der Waals surface area contributed by atoms with Gasteiger partial charge >= 0.3 is 5.97 Å². The second-order valence-electron chi connectivity index (χ2n) is 4.35. The van der Waals surface area contributed by atoms with Gasteiger partial charge in [-0.25, -0.2) is 14.8 Å². The van der Waals surface area contributed by atoms with Crippen molar-refractivity contribution in [2.24, 2.45) is 0 Å². The number of nitrogens with zero attached hydrogens (tertiary/aromatic N) is 2. The number of carbonyl (C=O) groups is 1. The maximum atomic E-state index is 10.9. The van der Waals surface area contributed by atoms with Gasteiger partial charge in [-0.15, -0.1) is 0 Å². The number of benzene rings is 1. The topological polar surface area (TPSA) is 72.3 Å². The van der Waals surface area contributed by atoms with Crippen molar-refractivity contribution in [3.63, 3.8) is 0 Å². The van der Waals surface area contributed by atoms with E-state index in [9.17, 15) is 4.79 Å². The monoisotopic (exact) mass is 292 g/mol. The molecule has 0 fully saturated rings. The van der Waals surface area contributed by atoms with E-state index in [1.54, 1.807) is 24.3 Å². The van der Waals surface area contributed by atoms with Crippen LogP contribution in [-0.2, 0) is 0 Å². The number of carboxylic acid groups (broad SMARTS) is 1. The average molecular weight is 293 g/mol. The lowest BCUT2D eigenvalue weighted by Gasteiger charge is -2.15. The van der Waals surface area contributed by atoms with Crippen molar-refractivity contribution in [2.75, 3.05) is 0 Å². The minimum Gasteiger partial charge on any atom is -0.489 e. The molecule has 1 heterocycles. The van der Waals surface area contributed by atoms with E-state index in [0.717, 1.165) is 0 Å². The van der Waals surface area contributed by atoms with E-state index in [4.69, 9.17) is 21.4 Å². The van der Waals surface area contributed by atoms with Gasteiger partial charge in [0.15, 0.2) is 0 Å². The molecular weight excluding hydrogens is 280 g/mol. The molecule has 6 heteroatoms. The van der Waals surface area contributed by atoms with Crippen molar-refractivity contribution in [2.45, 2.75) is 20.0 Å². The summed E-state index contributed by atoms with van der Waals surface area (Å²) in [6, 6.07) is 6.86. The normalized spacial score (nSPS) is 10.6. The number of rotatable bonds is 4. The van der Waals surface area contributed by atoms with Gasteiger partial charge in [0.05, 0.1) is 16.8 Å². The predicted molar refractivity (Wildman–Crippen MR) is 75.2 cm³/mol. The van der Waals surface area contributed by atoms with Crippen LogP contribution in [0.1, 0.15) is 24.5 Å². The van der Waals surface area contributed by atoms with Gasteiger partial charge in [-0.3, -0.25) is 0 Å². The molecule has 0 aliphatic rings. The molecule has 2 aromatic rings. The summed E-state index contributed by atoms with van der Waals surface area (Å²) in [6.07, 6.45) is 1.33. The Balaban J connectivity index is 2.54. The van der Waals surface area contributed by atoms with Crippen molar-refractivity contribution in [1.29, 1.82) is 0 Å². The molecule has 104 valence electrons. The SMILES string of the molecule is CC(C)Oc1c(Cl)cccc1-c1ccnc(C(=O)O)n1. The number of para-hydroxylation sites is 1. The minimum atomic E-state index is -1.18. The van der Waals surface area contributed by atoms with Crippen LogP contribution in [0.5, 0.6) is 5.75 Å². The molecule has 0 spiro atoms. The highest BCUT2D eigenvalue weighted by Gasteiger charge is 2.15. The van der Waals surface area contributed by atoms with E-state index in [0.29, 0.717) is 22.0 Å². The van der Waals surface area contributed by atoms with Gasteiger partial charge in [0.2, 0.25) is 5.82 Å². The molecule has 0 saturated carbocycles. The highest BCUT2D eigenvalue weighted by atomic mass is 35.5. The molecule has 0 bridgehead atoms. The molecule has 0 aliphatic heterocycles. The van der Waals surface area contributed by atoms with Crippen molar-refractivity contribution in [3.05, 3.63) is 41.3 Å². The fraction of sp³-hybridized carbons (Fsp3) is 0.214. The fourth-order valence-electron chi connectivity index (χ4n) is 1.68. The van der Waals surface area contributed by atoms with Gasteiger partial charge < -0.3 is 9.84 Å². The first-order chi connectivity index (χ1) is 9.49. The molecule has 0 atom stereocenters. The fourth-order valence-corrected chi connectivity index (χ4v) is 1.90. The third-order valence-corrected chi connectivity index (χ3v) is 2.74. The van der Waals surface area contributed by atoms with Gasteiger partial charge in [-0.2, -0.15) is 0 Å². The molecule has 0 unspecified atom stereocenters. The zero-order valence-electron chi connectivity index (χ0n) is 11.0. The lowest BCUT2D eigenvalue weighted by atomic mass is 10.1. The maximum absolute atomic E-state index is 10.9. The molecule has 1 N–H and O–H groups in total. The second-order valence-corrected chi connectivity index (χ2v) is 4.76. The first-order valence-corrected chi connectivity index (χ1v) is 6.38. The highest BCUT2D eigenvalue weighted by molar-refractivity contribution is 6.32.